The minimum atomic E-state index is -0.452. The number of hydrogen-bond donors (Lipinski definition) is 1. The first-order chi connectivity index (χ1) is 8.09. The van der Waals surface area contributed by atoms with Crippen molar-refractivity contribution in [1.82, 2.24) is 19.2 Å². The zero-order chi connectivity index (χ0) is 12.2. The van der Waals surface area contributed by atoms with E-state index in [9.17, 15) is 9.59 Å². The molecule has 0 aromatic carbocycles. The number of aromatic nitrogens is 4. The molecule has 2 N–H and O–H groups in total. The molecule has 7 nitrogen and oxygen atoms in total. The lowest BCUT2D eigenvalue weighted by molar-refractivity contribution is -0.120. The average Bonchev–Trinajstić information content (AvgIpc) is 2.84. The van der Waals surface area contributed by atoms with Crippen molar-refractivity contribution in [3.8, 4) is 0 Å². The summed E-state index contributed by atoms with van der Waals surface area (Å²) in [4.78, 5) is 27.2. The van der Waals surface area contributed by atoms with Gasteiger partial charge in [-0.25, -0.2) is 0 Å². The number of fused-ring (bicyclic) bond motifs is 3. The van der Waals surface area contributed by atoms with Crippen LogP contribution in [-0.4, -0.2) is 25.1 Å². The highest BCUT2D eigenvalue weighted by molar-refractivity contribution is 5.79. The standard InChI is InChI=1S/C10H11N5O2/c1-5-2-7(9(11)17)14-6(5)3-8(16)15-10(14)12-4-13-15/h3-5,7H,2H2,1H3,(H2,11,17). The Bertz CT molecular complexity index is 671. The van der Waals surface area contributed by atoms with Gasteiger partial charge in [-0.2, -0.15) is 14.6 Å². The fourth-order valence-corrected chi connectivity index (χ4v) is 2.43. The molecular weight excluding hydrogens is 222 g/mol. The summed E-state index contributed by atoms with van der Waals surface area (Å²) in [6, 6.07) is 1.04. The van der Waals surface area contributed by atoms with Crippen LogP contribution in [0.2, 0.25) is 0 Å². The van der Waals surface area contributed by atoms with E-state index < -0.39 is 11.9 Å². The van der Waals surface area contributed by atoms with E-state index in [1.54, 1.807) is 4.57 Å². The smallest absolute Gasteiger partial charge is 0.275 e. The molecule has 1 amide bonds. The second-order valence-corrected chi connectivity index (χ2v) is 4.30. The molecule has 17 heavy (non-hydrogen) atoms. The predicted molar refractivity (Wildman–Crippen MR) is 58.5 cm³/mol. The first kappa shape index (κ1) is 10.0. The quantitative estimate of drug-likeness (QED) is 0.713. The minimum absolute atomic E-state index is 0.113. The van der Waals surface area contributed by atoms with Crippen LogP contribution in [0.4, 0.5) is 0 Å². The van der Waals surface area contributed by atoms with Gasteiger partial charge in [-0.15, -0.1) is 0 Å². The van der Waals surface area contributed by atoms with Crippen LogP contribution in [0.15, 0.2) is 17.2 Å². The number of carbonyl (C=O) groups is 1. The van der Waals surface area contributed by atoms with E-state index in [1.807, 2.05) is 6.92 Å². The van der Waals surface area contributed by atoms with E-state index in [2.05, 4.69) is 10.1 Å². The maximum absolute atomic E-state index is 11.8. The third-order valence-corrected chi connectivity index (χ3v) is 3.23. The lowest BCUT2D eigenvalue weighted by atomic mass is 10.0. The number of amides is 1. The SMILES string of the molecule is CC1CC(C(N)=O)n2c1cc(=O)n1ncnc21. The number of rotatable bonds is 1. The highest BCUT2D eigenvalue weighted by Gasteiger charge is 2.33. The molecule has 0 saturated carbocycles. The highest BCUT2D eigenvalue weighted by atomic mass is 16.1. The Balaban J connectivity index is 2.41. The Kier molecular flexibility index (Phi) is 1.86. The summed E-state index contributed by atoms with van der Waals surface area (Å²) in [5, 5.41) is 3.83. The molecule has 0 radical (unpaired) electrons. The summed E-state index contributed by atoms with van der Waals surface area (Å²) in [6.07, 6.45) is 1.90. The second-order valence-electron chi connectivity index (χ2n) is 4.30. The Hall–Kier alpha value is -2.18. The first-order valence-electron chi connectivity index (χ1n) is 5.34. The van der Waals surface area contributed by atoms with Crippen molar-refractivity contribution in [2.75, 3.05) is 0 Å². The van der Waals surface area contributed by atoms with Crippen LogP contribution in [0.5, 0.6) is 0 Å². The van der Waals surface area contributed by atoms with E-state index in [1.165, 1.54) is 16.9 Å². The molecule has 2 atom stereocenters. The van der Waals surface area contributed by atoms with Crippen LogP contribution in [-0.2, 0) is 4.79 Å². The topological polar surface area (TPSA) is 95.3 Å². The van der Waals surface area contributed by atoms with Crippen LogP contribution in [0.3, 0.4) is 0 Å². The van der Waals surface area contributed by atoms with Gasteiger partial charge in [0, 0.05) is 11.8 Å². The van der Waals surface area contributed by atoms with E-state index in [4.69, 9.17) is 5.73 Å². The van der Waals surface area contributed by atoms with Crippen molar-refractivity contribution in [3.63, 3.8) is 0 Å². The van der Waals surface area contributed by atoms with E-state index in [0.717, 1.165) is 5.69 Å². The fraction of sp³-hybridized carbons (Fsp3) is 0.400. The minimum Gasteiger partial charge on any atom is -0.368 e. The molecule has 2 aromatic rings. The second kappa shape index (κ2) is 3.16. The van der Waals surface area contributed by atoms with Crippen molar-refractivity contribution in [1.29, 1.82) is 0 Å². The molecule has 3 rings (SSSR count). The molecule has 0 saturated heterocycles. The molecule has 1 aliphatic rings. The zero-order valence-electron chi connectivity index (χ0n) is 9.20. The fourth-order valence-electron chi connectivity index (χ4n) is 2.43. The maximum Gasteiger partial charge on any atom is 0.275 e. The summed E-state index contributed by atoms with van der Waals surface area (Å²) >= 11 is 0. The van der Waals surface area contributed by atoms with Gasteiger partial charge in [0.25, 0.3) is 5.56 Å². The third kappa shape index (κ3) is 1.22. The van der Waals surface area contributed by atoms with Gasteiger partial charge in [0.2, 0.25) is 11.7 Å². The molecular formula is C10H11N5O2. The van der Waals surface area contributed by atoms with Gasteiger partial charge < -0.3 is 10.3 Å². The maximum atomic E-state index is 11.8. The summed E-state index contributed by atoms with van der Waals surface area (Å²) in [7, 11) is 0. The molecule has 2 unspecified atom stereocenters. The molecule has 7 heteroatoms. The molecule has 0 spiro atoms. The van der Waals surface area contributed by atoms with Crippen LogP contribution in [0, 0.1) is 0 Å². The molecule has 0 aliphatic carbocycles. The van der Waals surface area contributed by atoms with Gasteiger partial charge in [-0.1, -0.05) is 6.92 Å². The van der Waals surface area contributed by atoms with Gasteiger partial charge in [0.15, 0.2) is 0 Å². The monoisotopic (exact) mass is 233 g/mol. The summed E-state index contributed by atoms with van der Waals surface area (Å²) in [5.74, 6) is 0.0756. The number of nitrogens with two attached hydrogens (primary N) is 1. The number of hydrogen-bond acceptors (Lipinski definition) is 4. The van der Waals surface area contributed by atoms with Crippen molar-refractivity contribution in [3.05, 3.63) is 28.4 Å². The molecule has 0 bridgehead atoms. The number of nitrogens with zero attached hydrogens (tertiary/aromatic N) is 4. The molecule has 2 aromatic heterocycles. The molecule has 3 heterocycles. The van der Waals surface area contributed by atoms with Gasteiger partial charge in [-0.05, 0) is 12.3 Å². The lowest BCUT2D eigenvalue weighted by Gasteiger charge is -2.11. The van der Waals surface area contributed by atoms with Crippen LogP contribution < -0.4 is 11.3 Å². The van der Waals surface area contributed by atoms with Gasteiger partial charge >= 0.3 is 0 Å². The molecule has 1 aliphatic heterocycles. The van der Waals surface area contributed by atoms with Gasteiger partial charge in [-0.3, -0.25) is 9.59 Å². The normalized spacial score (nSPS) is 22.9. The Morgan fingerprint density at radius 1 is 1.59 bits per heavy atom. The van der Waals surface area contributed by atoms with Crippen molar-refractivity contribution in [2.24, 2.45) is 5.73 Å². The lowest BCUT2D eigenvalue weighted by Crippen LogP contribution is -2.27. The summed E-state index contributed by atoms with van der Waals surface area (Å²) in [5.41, 5.74) is 5.93. The Labute approximate surface area is 95.9 Å². The van der Waals surface area contributed by atoms with Crippen LogP contribution in [0.1, 0.15) is 31.0 Å². The largest absolute Gasteiger partial charge is 0.368 e. The summed E-state index contributed by atoms with van der Waals surface area (Å²) in [6.45, 7) is 1.96. The van der Waals surface area contributed by atoms with Crippen LogP contribution >= 0.6 is 0 Å². The Morgan fingerprint density at radius 2 is 2.35 bits per heavy atom. The van der Waals surface area contributed by atoms with E-state index in [-0.39, 0.29) is 11.5 Å². The molecule has 0 fully saturated rings. The first-order valence-corrected chi connectivity index (χ1v) is 5.34. The molecule has 88 valence electrons. The van der Waals surface area contributed by atoms with E-state index >= 15 is 0 Å². The van der Waals surface area contributed by atoms with E-state index in [0.29, 0.717) is 12.2 Å². The van der Waals surface area contributed by atoms with Crippen molar-refractivity contribution < 1.29 is 4.79 Å². The number of primary amides is 1. The predicted octanol–water partition coefficient (Wildman–Crippen LogP) is -0.575. The van der Waals surface area contributed by atoms with Crippen molar-refractivity contribution in [2.45, 2.75) is 25.3 Å². The summed E-state index contributed by atoms with van der Waals surface area (Å²) < 4.78 is 2.89. The number of carbonyl (C=O) groups excluding carboxylic acids is 1. The highest BCUT2D eigenvalue weighted by Crippen LogP contribution is 2.35. The average molecular weight is 233 g/mol. The van der Waals surface area contributed by atoms with Gasteiger partial charge in [0.05, 0.1) is 0 Å². The van der Waals surface area contributed by atoms with Gasteiger partial charge in [0.1, 0.15) is 12.4 Å². The van der Waals surface area contributed by atoms with Crippen LogP contribution in [0.25, 0.3) is 5.78 Å². The zero-order valence-corrected chi connectivity index (χ0v) is 9.20. The Morgan fingerprint density at radius 3 is 3.06 bits per heavy atom. The van der Waals surface area contributed by atoms with Crippen molar-refractivity contribution >= 4 is 11.7 Å². The third-order valence-electron chi connectivity index (χ3n) is 3.23.